The number of aromatic hydroxyl groups is 1. The molecule has 53 heavy (non-hydrogen) atoms. The van der Waals surface area contributed by atoms with Gasteiger partial charge in [0.15, 0.2) is 0 Å². The summed E-state index contributed by atoms with van der Waals surface area (Å²) in [6, 6.07) is 5.24. The number of rotatable bonds is 11. The van der Waals surface area contributed by atoms with Gasteiger partial charge in [0.2, 0.25) is 40.6 Å². The van der Waals surface area contributed by atoms with E-state index in [1.807, 2.05) is 0 Å². The van der Waals surface area contributed by atoms with Crippen LogP contribution in [0.3, 0.4) is 0 Å². The average Bonchev–Trinajstić information content (AvgIpc) is 3.13. The number of aliphatic hydroxyl groups excluding tert-OH is 2. The van der Waals surface area contributed by atoms with Crippen LogP contribution in [0.25, 0.3) is 0 Å². The summed E-state index contributed by atoms with van der Waals surface area (Å²) in [5.41, 5.74) is 6.81. The van der Waals surface area contributed by atoms with Gasteiger partial charge in [0, 0.05) is 18.6 Å². The molecule has 1 fully saturated rings. The van der Waals surface area contributed by atoms with E-state index in [4.69, 9.17) is 5.73 Å². The topological polar surface area (TPSA) is 278 Å². The van der Waals surface area contributed by atoms with E-state index in [-0.39, 0.29) is 24.3 Å². The molecule has 0 aromatic heterocycles. The summed E-state index contributed by atoms with van der Waals surface area (Å²) in [5.74, 6) is -6.03. The van der Waals surface area contributed by atoms with E-state index in [9.17, 15) is 48.9 Å². The lowest BCUT2D eigenvalue weighted by Crippen LogP contribution is -2.61. The number of nitrogens with two attached hydrogens (primary N) is 1. The maximum absolute atomic E-state index is 13.9. The lowest BCUT2D eigenvalue weighted by Gasteiger charge is -2.28. The fraction of sp³-hybridized carbons (Fsp3) is 0.457. The SMILES string of the molecule is CC1NC(=O)C(NC(=O)C(NC(=O)C(N)CO)C(C)C)CSC(=O)C(Cc2ccccc2)NC(=O)C(Cc2ccc(O)cc2)NC(=O)C(CO)NC1=O. The van der Waals surface area contributed by atoms with E-state index in [1.54, 1.807) is 44.2 Å². The smallest absolute Gasteiger partial charge is 0.245 e. The molecule has 17 nitrogen and oxygen atoms in total. The van der Waals surface area contributed by atoms with Crippen LogP contribution in [0, 0.1) is 5.92 Å². The lowest BCUT2D eigenvalue weighted by molar-refractivity contribution is -0.135. The van der Waals surface area contributed by atoms with Crippen LogP contribution in [0.15, 0.2) is 54.6 Å². The summed E-state index contributed by atoms with van der Waals surface area (Å²) in [4.78, 5) is 93.7. The van der Waals surface area contributed by atoms with Crippen molar-refractivity contribution in [1.29, 1.82) is 0 Å². The summed E-state index contributed by atoms with van der Waals surface area (Å²) in [6.07, 6.45) is -0.0822. The van der Waals surface area contributed by atoms with Gasteiger partial charge in [-0.15, -0.1) is 0 Å². The van der Waals surface area contributed by atoms with E-state index in [1.165, 1.54) is 31.2 Å². The molecule has 1 aliphatic heterocycles. The van der Waals surface area contributed by atoms with Crippen molar-refractivity contribution in [3.05, 3.63) is 65.7 Å². The Morgan fingerprint density at radius 2 is 1.36 bits per heavy atom. The minimum absolute atomic E-state index is 0.0143. The molecule has 2 aromatic rings. The number of hydrogen-bond donors (Lipinski definition) is 10. The number of benzene rings is 2. The van der Waals surface area contributed by atoms with Crippen LogP contribution in [-0.2, 0) is 46.4 Å². The zero-order valence-corrected chi connectivity index (χ0v) is 30.4. The van der Waals surface area contributed by atoms with Gasteiger partial charge in [-0.3, -0.25) is 33.6 Å². The molecule has 18 heteroatoms. The molecule has 1 saturated heterocycles. The first-order chi connectivity index (χ1) is 25.1. The maximum Gasteiger partial charge on any atom is 0.245 e. The zero-order chi connectivity index (χ0) is 39.2. The zero-order valence-electron chi connectivity index (χ0n) is 29.5. The second-order valence-electron chi connectivity index (χ2n) is 12.9. The van der Waals surface area contributed by atoms with Crippen LogP contribution >= 0.6 is 11.8 Å². The Labute approximate surface area is 310 Å². The predicted molar refractivity (Wildman–Crippen MR) is 194 cm³/mol. The summed E-state index contributed by atoms with van der Waals surface area (Å²) in [7, 11) is 0. The molecule has 2 aromatic carbocycles. The van der Waals surface area contributed by atoms with Crippen LogP contribution in [0.4, 0.5) is 0 Å². The summed E-state index contributed by atoms with van der Waals surface area (Å²) >= 11 is 0.633. The van der Waals surface area contributed by atoms with Gasteiger partial charge in [0.1, 0.15) is 48.0 Å². The highest BCUT2D eigenvalue weighted by atomic mass is 32.2. The van der Waals surface area contributed by atoms with Crippen LogP contribution in [-0.4, -0.2) is 117 Å². The first-order valence-electron chi connectivity index (χ1n) is 16.9. The Kier molecular flexibility index (Phi) is 16.2. The quantitative estimate of drug-likeness (QED) is 0.113. The minimum atomic E-state index is -1.56. The summed E-state index contributed by atoms with van der Waals surface area (Å²) in [6.45, 7) is 2.98. The number of amides is 6. The Bertz CT molecular complexity index is 1610. The Morgan fingerprint density at radius 3 is 1.96 bits per heavy atom. The van der Waals surface area contributed by atoms with Gasteiger partial charge in [-0.1, -0.05) is 68.1 Å². The van der Waals surface area contributed by atoms with Crippen LogP contribution < -0.4 is 37.6 Å². The van der Waals surface area contributed by atoms with Gasteiger partial charge in [0.25, 0.3) is 0 Å². The molecule has 7 unspecified atom stereocenters. The van der Waals surface area contributed by atoms with Crippen molar-refractivity contribution in [2.45, 2.75) is 75.9 Å². The molecule has 0 radical (unpaired) electrons. The van der Waals surface area contributed by atoms with E-state index in [0.717, 1.165) is 0 Å². The normalized spacial score (nSPS) is 23.2. The number of hydrogen-bond acceptors (Lipinski definition) is 12. The minimum Gasteiger partial charge on any atom is -0.508 e. The number of phenolic OH excluding ortho intramolecular Hbond substituents is 1. The third-order valence-corrected chi connectivity index (χ3v) is 9.34. The molecule has 0 aliphatic carbocycles. The number of phenols is 1. The van der Waals surface area contributed by atoms with E-state index >= 15 is 0 Å². The highest BCUT2D eigenvalue weighted by Gasteiger charge is 2.35. The first kappa shape index (κ1) is 42.4. The fourth-order valence-corrected chi connectivity index (χ4v) is 6.03. The predicted octanol–water partition coefficient (Wildman–Crippen LogP) is -2.65. The van der Waals surface area contributed by atoms with Gasteiger partial charge in [-0.05, 0) is 36.1 Å². The van der Waals surface area contributed by atoms with Crippen LogP contribution in [0.1, 0.15) is 31.9 Å². The second kappa shape index (κ2) is 20.3. The van der Waals surface area contributed by atoms with Crippen molar-refractivity contribution in [2.75, 3.05) is 19.0 Å². The van der Waals surface area contributed by atoms with Gasteiger partial charge in [-0.25, -0.2) is 0 Å². The van der Waals surface area contributed by atoms with Crippen LogP contribution in [0.2, 0.25) is 0 Å². The molecule has 11 N–H and O–H groups in total. The van der Waals surface area contributed by atoms with Gasteiger partial charge in [0.05, 0.1) is 13.2 Å². The Morgan fingerprint density at radius 1 is 0.792 bits per heavy atom. The van der Waals surface area contributed by atoms with Gasteiger partial charge in [-0.2, -0.15) is 0 Å². The number of thioether (sulfide) groups is 1. The largest absolute Gasteiger partial charge is 0.508 e. The molecular formula is C35H47N7O10S. The van der Waals surface area contributed by atoms with E-state index < -0.39 is 102 Å². The Hall–Kier alpha value is -5.04. The standard InChI is InChI=1S/C35H47N7O10S/c1-18(2)28(42-30(47)23(36)15-43)34(51)41-27-17-53-35(52)25(14-20-7-5-4-6-8-20)39-31(48)24(13-21-9-11-22(45)12-10-21)38-32(49)26(16-44)40-29(46)19(3)37-33(27)50/h4-12,18-19,23-28,43-45H,13-17,36H2,1-3H3,(H,37,50)(H,38,49)(H,39,48)(H,40,46)(H,41,51)(H,42,47). The lowest BCUT2D eigenvalue weighted by atomic mass is 10.0. The molecule has 0 saturated carbocycles. The first-order valence-corrected chi connectivity index (χ1v) is 17.9. The van der Waals surface area contributed by atoms with Crippen molar-refractivity contribution < 1.29 is 48.9 Å². The molecule has 7 atom stereocenters. The molecule has 0 bridgehead atoms. The monoisotopic (exact) mass is 757 g/mol. The van der Waals surface area contributed by atoms with Crippen molar-refractivity contribution in [3.8, 4) is 5.75 Å². The average molecular weight is 758 g/mol. The molecule has 1 aliphatic rings. The van der Waals surface area contributed by atoms with Crippen LogP contribution in [0.5, 0.6) is 5.75 Å². The molecule has 6 amide bonds. The fourth-order valence-electron chi connectivity index (χ4n) is 5.12. The number of carbonyl (C=O) groups excluding carboxylic acids is 7. The third-order valence-electron chi connectivity index (χ3n) is 8.27. The molecule has 3 rings (SSSR count). The number of nitrogens with one attached hydrogen (secondary N) is 6. The highest BCUT2D eigenvalue weighted by Crippen LogP contribution is 2.16. The second-order valence-corrected chi connectivity index (χ2v) is 13.9. The molecular weight excluding hydrogens is 710 g/mol. The molecule has 288 valence electrons. The highest BCUT2D eigenvalue weighted by molar-refractivity contribution is 8.13. The maximum atomic E-state index is 13.9. The molecule has 1 heterocycles. The third kappa shape index (κ3) is 12.8. The van der Waals surface area contributed by atoms with Gasteiger partial charge < -0.3 is 53.0 Å². The van der Waals surface area contributed by atoms with Gasteiger partial charge >= 0.3 is 0 Å². The molecule has 0 spiro atoms. The summed E-state index contributed by atoms with van der Waals surface area (Å²) in [5, 5.41) is 43.4. The number of carbonyl (C=O) groups is 7. The van der Waals surface area contributed by atoms with Crippen molar-refractivity contribution in [2.24, 2.45) is 11.7 Å². The number of aliphatic hydroxyl groups is 2. The van der Waals surface area contributed by atoms with Crippen molar-refractivity contribution >= 4 is 52.3 Å². The van der Waals surface area contributed by atoms with E-state index in [0.29, 0.717) is 22.9 Å². The van der Waals surface area contributed by atoms with E-state index in [2.05, 4.69) is 31.9 Å². The van der Waals surface area contributed by atoms with Crippen molar-refractivity contribution in [3.63, 3.8) is 0 Å². The summed E-state index contributed by atoms with van der Waals surface area (Å²) < 4.78 is 0. The van der Waals surface area contributed by atoms with Crippen molar-refractivity contribution in [1.82, 2.24) is 31.9 Å². The Balaban J connectivity index is 2.00.